The van der Waals surface area contributed by atoms with Crippen LogP contribution in [0.15, 0.2) is 18.2 Å². The minimum Gasteiger partial charge on any atom is -0.491 e. The normalized spacial score (nSPS) is 21.4. The molecule has 0 aliphatic carbocycles. The van der Waals surface area contributed by atoms with Crippen LogP contribution in [0.2, 0.25) is 0 Å². The second kappa shape index (κ2) is 7.28. The van der Waals surface area contributed by atoms with Crippen molar-refractivity contribution in [2.75, 3.05) is 13.2 Å². The lowest BCUT2D eigenvalue weighted by Gasteiger charge is -2.13. The van der Waals surface area contributed by atoms with Crippen molar-refractivity contribution >= 4 is 0 Å². The van der Waals surface area contributed by atoms with Gasteiger partial charge in [0, 0.05) is 18.1 Å². The summed E-state index contributed by atoms with van der Waals surface area (Å²) in [5.41, 5.74) is 0.550. The van der Waals surface area contributed by atoms with Crippen LogP contribution in [0, 0.1) is 17.7 Å². The van der Waals surface area contributed by atoms with Crippen LogP contribution in [-0.4, -0.2) is 30.5 Å². The van der Waals surface area contributed by atoms with Crippen LogP contribution in [0.1, 0.15) is 31.7 Å². The highest BCUT2D eigenvalue weighted by Gasteiger charge is 2.22. The molecule has 1 aromatic carbocycles. The second-order valence-corrected chi connectivity index (χ2v) is 4.91. The maximum absolute atomic E-state index is 13.5. The van der Waals surface area contributed by atoms with Crippen LogP contribution in [0.3, 0.4) is 0 Å². The molecule has 0 spiro atoms. The predicted octanol–water partition coefficient (Wildman–Crippen LogP) is 2.51. The molecule has 1 N–H and O–H groups in total. The molecular weight excluding hydrogens is 259 g/mol. The standard InChI is InChI=1S/C16H19FO3/c1-12-5-6-15(20-12)11-19-16-9-13(4-2-3-7-18)8-14(17)10-16/h8-10,12,15,18H,3,5-7,11H2,1H3. The number of aliphatic hydroxyl groups is 1. The molecule has 0 radical (unpaired) electrons. The summed E-state index contributed by atoms with van der Waals surface area (Å²) in [5, 5.41) is 8.67. The van der Waals surface area contributed by atoms with Crippen LogP contribution in [0.25, 0.3) is 0 Å². The number of aliphatic hydroxyl groups excluding tert-OH is 1. The van der Waals surface area contributed by atoms with Crippen molar-refractivity contribution in [3.05, 3.63) is 29.6 Å². The number of halogens is 1. The molecule has 1 aromatic rings. The molecule has 1 aliphatic heterocycles. The molecule has 0 bridgehead atoms. The van der Waals surface area contributed by atoms with E-state index in [4.69, 9.17) is 14.6 Å². The smallest absolute Gasteiger partial charge is 0.128 e. The molecular formula is C16H19FO3. The van der Waals surface area contributed by atoms with E-state index in [0.717, 1.165) is 12.8 Å². The second-order valence-electron chi connectivity index (χ2n) is 4.91. The van der Waals surface area contributed by atoms with Crippen LogP contribution in [0.4, 0.5) is 4.39 Å². The first kappa shape index (κ1) is 14.8. The van der Waals surface area contributed by atoms with E-state index in [1.807, 2.05) is 6.92 Å². The first-order chi connectivity index (χ1) is 9.67. The summed E-state index contributed by atoms with van der Waals surface area (Å²) >= 11 is 0. The molecule has 2 atom stereocenters. The molecule has 2 rings (SSSR count). The molecule has 0 amide bonds. The van der Waals surface area contributed by atoms with Gasteiger partial charge in [-0.15, -0.1) is 0 Å². The fraction of sp³-hybridized carbons (Fsp3) is 0.500. The Kier molecular flexibility index (Phi) is 5.40. The van der Waals surface area contributed by atoms with Crippen LogP contribution in [0.5, 0.6) is 5.75 Å². The summed E-state index contributed by atoms with van der Waals surface area (Å²) in [6.07, 6.45) is 2.74. The van der Waals surface area contributed by atoms with Gasteiger partial charge in [-0.05, 0) is 31.9 Å². The van der Waals surface area contributed by atoms with Crippen molar-refractivity contribution in [3.8, 4) is 17.6 Å². The van der Waals surface area contributed by atoms with Gasteiger partial charge in [0.05, 0.1) is 18.8 Å². The van der Waals surface area contributed by atoms with E-state index in [1.165, 1.54) is 12.1 Å². The van der Waals surface area contributed by atoms with E-state index in [1.54, 1.807) is 6.07 Å². The van der Waals surface area contributed by atoms with Gasteiger partial charge in [0.2, 0.25) is 0 Å². The molecule has 0 saturated carbocycles. The molecule has 4 heteroatoms. The van der Waals surface area contributed by atoms with Crippen LogP contribution in [-0.2, 0) is 4.74 Å². The molecule has 1 heterocycles. The third-order valence-electron chi connectivity index (χ3n) is 3.10. The third kappa shape index (κ3) is 4.52. The summed E-state index contributed by atoms with van der Waals surface area (Å²) < 4.78 is 24.7. The Bertz CT molecular complexity index is 504. The Morgan fingerprint density at radius 2 is 2.25 bits per heavy atom. The Hall–Kier alpha value is -1.57. The van der Waals surface area contributed by atoms with Crippen molar-refractivity contribution in [2.24, 2.45) is 0 Å². The number of rotatable bonds is 4. The monoisotopic (exact) mass is 278 g/mol. The highest BCUT2D eigenvalue weighted by molar-refractivity contribution is 5.40. The Morgan fingerprint density at radius 1 is 1.40 bits per heavy atom. The van der Waals surface area contributed by atoms with Gasteiger partial charge in [0.25, 0.3) is 0 Å². The first-order valence-corrected chi connectivity index (χ1v) is 6.86. The van der Waals surface area contributed by atoms with Crippen molar-refractivity contribution in [1.82, 2.24) is 0 Å². The number of hydrogen-bond donors (Lipinski definition) is 1. The topological polar surface area (TPSA) is 38.7 Å². The minimum atomic E-state index is -0.378. The summed E-state index contributed by atoms with van der Waals surface area (Å²) in [7, 11) is 0. The Balaban J connectivity index is 1.95. The highest BCUT2D eigenvalue weighted by atomic mass is 19.1. The van der Waals surface area contributed by atoms with E-state index in [-0.39, 0.29) is 24.6 Å². The van der Waals surface area contributed by atoms with E-state index in [2.05, 4.69) is 11.8 Å². The minimum absolute atomic E-state index is 0.00285. The molecule has 2 unspecified atom stereocenters. The van der Waals surface area contributed by atoms with Gasteiger partial charge in [-0.2, -0.15) is 0 Å². The van der Waals surface area contributed by atoms with Gasteiger partial charge < -0.3 is 14.6 Å². The van der Waals surface area contributed by atoms with Gasteiger partial charge in [0.1, 0.15) is 18.2 Å². The maximum atomic E-state index is 13.5. The fourth-order valence-electron chi connectivity index (χ4n) is 2.14. The average molecular weight is 278 g/mol. The van der Waals surface area contributed by atoms with Crippen molar-refractivity contribution in [3.63, 3.8) is 0 Å². The lowest BCUT2D eigenvalue weighted by molar-refractivity contribution is 0.0264. The number of hydrogen-bond acceptors (Lipinski definition) is 3. The van der Waals surface area contributed by atoms with E-state index in [0.29, 0.717) is 24.3 Å². The highest BCUT2D eigenvalue weighted by Crippen LogP contribution is 2.21. The Morgan fingerprint density at radius 3 is 2.95 bits per heavy atom. The molecule has 1 saturated heterocycles. The quantitative estimate of drug-likeness (QED) is 0.860. The third-order valence-corrected chi connectivity index (χ3v) is 3.10. The van der Waals surface area contributed by atoms with Crippen molar-refractivity contribution in [1.29, 1.82) is 0 Å². The molecule has 3 nitrogen and oxygen atoms in total. The van der Waals surface area contributed by atoms with Gasteiger partial charge >= 0.3 is 0 Å². The van der Waals surface area contributed by atoms with E-state index < -0.39 is 0 Å². The summed E-state index contributed by atoms with van der Waals surface area (Å²) in [6, 6.07) is 4.40. The zero-order chi connectivity index (χ0) is 14.4. The molecule has 20 heavy (non-hydrogen) atoms. The number of ether oxygens (including phenoxy) is 2. The maximum Gasteiger partial charge on any atom is 0.128 e. The van der Waals surface area contributed by atoms with Crippen LogP contribution >= 0.6 is 0 Å². The zero-order valence-electron chi connectivity index (χ0n) is 11.6. The van der Waals surface area contributed by atoms with Gasteiger partial charge in [0.15, 0.2) is 0 Å². The van der Waals surface area contributed by atoms with Crippen LogP contribution < -0.4 is 4.74 Å². The molecule has 0 aromatic heterocycles. The summed E-state index contributed by atoms with van der Waals surface area (Å²) in [4.78, 5) is 0. The zero-order valence-corrected chi connectivity index (χ0v) is 11.6. The van der Waals surface area contributed by atoms with E-state index in [9.17, 15) is 4.39 Å². The molecule has 1 aliphatic rings. The van der Waals surface area contributed by atoms with Gasteiger partial charge in [-0.25, -0.2) is 4.39 Å². The van der Waals surface area contributed by atoms with Gasteiger partial charge in [-0.3, -0.25) is 0 Å². The first-order valence-electron chi connectivity index (χ1n) is 6.86. The lowest BCUT2D eigenvalue weighted by Crippen LogP contribution is -2.17. The predicted molar refractivity (Wildman–Crippen MR) is 74.0 cm³/mol. The molecule has 1 fully saturated rings. The fourth-order valence-corrected chi connectivity index (χ4v) is 2.14. The van der Waals surface area contributed by atoms with Crippen molar-refractivity contribution < 1.29 is 19.0 Å². The average Bonchev–Trinajstić information content (AvgIpc) is 2.82. The SMILES string of the molecule is CC1CCC(COc2cc(F)cc(C#CCCO)c2)O1. The van der Waals surface area contributed by atoms with Gasteiger partial charge in [-0.1, -0.05) is 11.8 Å². The Labute approximate surface area is 118 Å². The largest absolute Gasteiger partial charge is 0.491 e. The molecule has 108 valence electrons. The lowest BCUT2D eigenvalue weighted by atomic mass is 10.2. The number of benzene rings is 1. The summed E-state index contributed by atoms with van der Waals surface area (Å²) in [6.45, 7) is 2.47. The van der Waals surface area contributed by atoms with Crippen molar-refractivity contribution in [2.45, 2.75) is 38.4 Å². The van der Waals surface area contributed by atoms with E-state index >= 15 is 0 Å². The summed E-state index contributed by atoms with van der Waals surface area (Å²) in [5.74, 6) is 5.64.